The number of benzene rings is 1. The SMILES string of the molecule is NCC1CCN(C(=O)c2c(Cl)cccc2Cl)CC1. The number of nitrogens with zero attached hydrogens (tertiary/aromatic N) is 1. The van der Waals surface area contributed by atoms with Gasteiger partial charge in [0.2, 0.25) is 0 Å². The van der Waals surface area contributed by atoms with Crippen LogP contribution < -0.4 is 5.73 Å². The molecule has 1 fully saturated rings. The number of rotatable bonds is 2. The molecule has 1 aliphatic heterocycles. The van der Waals surface area contributed by atoms with Crippen LogP contribution in [0.5, 0.6) is 0 Å². The van der Waals surface area contributed by atoms with E-state index in [1.165, 1.54) is 0 Å². The molecule has 1 saturated heterocycles. The molecule has 0 bridgehead atoms. The number of hydrogen-bond donors (Lipinski definition) is 1. The molecular formula is C13H16Cl2N2O. The molecule has 5 heteroatoms. The molecule has 0 aromatic heterocycles. The molecule has 0 spiro atoms. The second-order valence-corrected chi connectivity index (χ2v) is 5.38. The monoisotopic (exact) mass is 286 g/mol. The summed E-state index contributed by atoms with van der Waals surface area (Å²) in [7, 11) is 0. The van der Waals surface area contributed by atoms with E-state index in [4.69, 9.17) is 28.9 Å². The lowest BCUT2D eigenvalue weighted by Crippen LogP contribution is -2.40. The van der Waals surface area contributed by atoms with E-state index in [1.807, 2.05) is 0 Å². The Hall–Kier alpha value is -0.770. The van der Waals surface area contributed by atoms with Crippen molar-refractivity contribution in [1.29, 1.82) is 0 Å². The maximum absolute atomic E-state index is 12.4. The van der Waals surface area contributed by atoms with Crippen LogP contribution in [0.15, 0.2) is 18.2 Å². The van der Waals surface area contributed by atoms with Crippen LogP contribution in [0.25, 0.3) is 0 Å². The van der Waals surface area contributed by atoms with E-state index >= 15 is 0 Å². The van der Waals surface area contributed by atoms with E-state index < -0.39 is 0 Å². The van der Waals surface area contributed by atoms with Crippen molar-refractivity contribution in [3.63, 3.8) is 0 Å². The topological polar surface area (TPSA) is 46.3 Å². The molecule has 0 aliphatic carbocycles. The summed E-state index contributed by atoms with van der Waals surface area (Å²) in [4.78, 5) is 14.2. The van der Waals surface area contributed by atoms with Crippen LogP contribution >= 0.6 is 23.2 Å². The molecule has 2 rings (SSSR count). The van der Waals surface area contributed by atoms with Crippen LogP contribution in [0.1, 0.15) is 23.2 Å². The van der Waals surface area contributed by atoms with Gasteiger partial charge in [-0.2, -0.15) is 0 Å². The second-order valence-electron chi connectivity index (χ2n) is 4.57. The van der Waals surface area contributed by atoms with E-state index in [1.54, 1.807) is 23.1 Å². The maximum atomic E-state index is 12.4. The first-order valence-corrected chi connectivity index (χ1v) is 6.82. The number of hydrogen-bond acceptors (Lipinski definition) is 2. The van der Waals surface area contributed by atoms with Gasteiger partial charge in [0.25, 0.3) is 5.91 Å². The molecule has 3 nitrogen and oxygen atoms in total. The van der Waals surface area contributed by atoms with Gasteiger partial charge in [-0.1, -0.05) is 29.3 Å². The minimum atomic E-state index is -0.0823. The highest BCUT2D eigenvalue weighted by Gasteiger charge is 2.25. The van der Waals surface area contributed by atoms with Gasteiger partial charge >= 0.3 is 0 Å². The number of halogens is 2. The smallest absolute Gasteiger partial charge is 0.256 e. The lowest BCUT2D eigenvalue weighted by Gasteiger charge is -2.31. The quantitative estimate of drug-likeness (QED) is 0.909. The van der Waals surface area contributed by atoms with Gasteiger partial charge in [-0.15, -0.1) is 0 Å². The molecule has 0 radical (unpaired) electrons. The fraction of sp³-hybridized carbons (Fsp3) is 0.462. The Morgan fingerprint density at radius 3 is 2.33 bits per heavy atom. The van der Waals surface area contributed by atoms with Crippen LogP contribution in [0.3, 0.4) is 0 Å². The normalized spacial score (nSPS) is 16.9. The molecule has 0 unspecified atom stereocenters. The first-order chi connectivity index (χ1) is 8.63. The predicted octanol–water partition coefficient (Wildman–Crippen LogP) is 2.80. The summed E-state index contributed by atoms with van der Waals surface area (Å²) in [5.41, 5.74) is 6.05. The van der Waals surface area contributed by atoms with Crippen LogP contribution in [0.2, 0.25) is 10.0 Å². The Morgan fingerprint density at radius 2 is 1.83 bits per heavy atom. The van der Waals surface area contributed by atoms with Gasteiger partial charge in [-0.3, -0.25) is 4.79 Å². The Morgan fingerprint density at radius 1 is 1.28 bits per heavy atom. The largest absolute Gasteiger partial charge is 0.339 e. The summed E-state index contributed by atoms with van der Waals surface area (Å²) in [6.07, 6.45) is 1.90. The Bertz CT molecular complexity index is 422. The highest BCUT2D eigenvalue weighted by atomic mass is 35.5. The van der Waals surface area contributed by atoms with Gasteiger partial charge < -0.3 is 10.6 Å². The minimum Gasteiger partial charge on any atom is -0.339 e. The summed E-state index contributed by atoms with van der Waals surface area (Å²) in [6, 6.07) is 5.11. The van der Waals surface area contributed by atoms with Gasteiger partial charge in [-0.25, -0.2) is 0 Å². The fourth-order valence-corrected chi connectivity index (χ4v) is 2.79. The molecular weight excluding hydrogens is 271 g/mol. The average molecular weight is 287 g/mol. The van der Waals surface area contributed by atoms with Crippen molar-refractivity contribution in [1.82, 2.24) is 4.90 Å². The molecule has 2 N–H and O–H groups in total. The van der Waals surface area contributed by atoms with Crippen molar-refractivity contribution in [2.75, 3.05) is 19.6 Å². The standard InChI is InChI=1S/C13H16Cl2N2O/c14-10-2-1-3-11(15)12(10)13(18)17-6-4-9(8-16)5-7-17/h1-3,9H,4-8,16H2. The Labute approximate surface area is 117 Å². The van der Waals surface area contributed by atoms with Gasteiger partial charge in [0.05, 0.1) is 15.6 Å². The lowest BCUT2D eigenvalue weighted by molar-refractivity contribution is 0.0694. The number of carbonyl (C=O) groups excluding carboxylic acids is 1. The molecule has 1 aliphatic rings. The molecule has 18 heavy (non-hydrogen) atoms. The van der Waals surface area contributed by atoms with Crippen LogP contribution in [-0.2, 0) is 0 Å². The average Bonchev–Trinajstić information content (AvgIpc) is 2.38. The zero-order chi connectivity index (χ0) is 13.1. The van der Waals surface area contributed by atoms with Crippen molar-refractivity contribution in [2.45, 2.75) is 12.8 Å². The number of carbonyl (C=O) groups is 1. The highest BCUT2D eigenvalue weighted by molar-refractivity contribution is 6.39. The Balaban J connectivity index is 2.13. The number of likely N-dealkylation sites (tertiary alicyclic amines) is 1. The minimum absolute atomic E-state index is 0.0823. The van der Waals surface area contributed by atoms with E-state index in [0.29, 0.717) is 28.1 Å². The lowest BCUT2D eigenvalue weighted by atomic mass is 9.96. The van der Waals surface area contributed by atoms with Crippen LogP contribution in [0.4, 0.5) is 0 Å². The number of nitrogens with two attached hydrogens (primary N) is 1. The van der Waals surface area contributed by atoms with E-state index in [0.717, 1.165) is 25.9 Å². The van der Waals surface area contributed by atoms with Crippen molar-refractivity contribution in [3.8, 4) is 0 Å². The van der Waals surface area contributed by atoms with Gasteiger partial charge in [0.15, 0.2) is 0 Å². The third kappa shape index (κ3) is 2.79. The summed E-state index contributed by atoms with van der Waals surface area (Å²) in [5, 5.41) is 0.821. The van der Waals surface area contributed by atoms with Crippen LogP contribution in [-0.4, -0.2) is 30.4 Å². The molecule has 1 aromatic rings. The highest BCUT2D eigenvalue weighted by Crippen LogP contribution is 2.27. The predicted molar refractivity (Wildman–Crippen MR) is 74.1 cm³/mol. The number of amides is 1. The fourth-order valence-electron chi connectivity index (χ4n) is 2.23. The van der Waals surface area contributed by atoms with Crippen LogP contribution in [0, 0.1) is 5.92 Å². The molecule has 1 heterocycles. The molecule has 0 atom stereocenters. The molecule has 1 aromatic carbocycles. The van der Waals surface area contributed by atoms with Crippen molar-refractivity contribution < 1.29 is 4.79 Å². The van der Waals surface area contributed by atoms with Crippen molar-refractivity contribution in [3.05, 3.63) is 33.8 Å². The maximum Gasteiger partial charge on any atom is 0.256 e. The molecule has 0 saturated carbocycles. The van der Waals surface area contributed by atoms with Gasteiger partial charge in [0.1, 0.15) is 0 Å². The van der Waals surface area contributed by atoms with Crippen molar-refractivity contribution >= 4 is 29.1 Å². The Kier molecular flexibility index (Phi) is 4.49. The van der Waals surface area contributed by atoms with Gasteiger partial charge in [-0.05, 0) is 37.4 Å². The van der Waals surface area contributed by atoms with E-state index in [9.17, 15) is 4.79 Å². The van der Waals surface area contributed by atoms with E-state index in [2.05, 4.69) is 0 Å². The third-order valence-electron chi connectivity index (χ3n) is 3.41. The van der Waals surface area contributed by atoms with Gasteiger partial charge in [0, 0.05) is 13.1 Å². The summed E-state index contributed by atoms with van der Waals surface area (Å²) in [6.45, 7) is 2.14. The first-order valence-electron chi connectivity index (χ1n) is 6.07. The molecule has 98 valence electrons. The summed E-state index contributed by atoms with van der Waals surface area (Å²) in [5.74, 6) is 0.442. The summed E-state index contributed by atoms with van der Waals surface area (Å²) >= 11 is 12.1. The third-order valence-corrected chi connectivity index (χ3v) is 4.04. The second kappa shape index (κ2) is 5.91. The zero-order valence-electron chi connectivity index (χ0n) is 10.0. The van der Waals surface area contributed by atoms with E-state index in [-0.39, 0.29) is 5.91 Å². The zero-order valence-corrected chi connectivity index (χ0v) is 11.5. The summed E-state index contributed by atoms with van der Waals surface area (Å²) < 4.78 is 0. The number of piperidine rings is 1. The molecule has 1 amide bonds. The first kappa shape index (κ1) is 13.7. The van der Waals surface area contributed by atoms with Crippen molar-refractivity contribution in [2.24, 2.45) is 11.7 Å².